The number of nitrogens with zero attached hydrogens (tertiary/aromatic N) is 4. The molecule has 1 amide bonds. The average molecular weight is 274 g/mol. The van der Waals surface area contributed by atoms with Crippen LogP contribution in [0.3, 0.4) is 0 Å². The van der Waals surface area contributed by atoms with Crippen LogP contribution in [0.15, 0.2) is 18.2 Å². The van der Waals surface area contributed by atoms with Gasteiger partial charge in [-0.05, 0) is 25.1 Å². The lowest BCUT2D eigenvalue weighted by atomic mass is 10.2. The Hall–Kier alpha value is -2.15. The first-order valence-corrected chi connectivity index (χ1v) is 6.77. The van der Waals surface area contributed by atoms with Crippen LogP contribution in [0.5, 0.6) is 0 Å². The highest BCUT2D eigenvalue weighted by molar-refractivity contribution is 5.83. The molecule has 7 nitrogen and oxygen atoms in total. The number of hydrogen-bond acceptors (Lipinski definition) is 5. The van der Waals surface area contributed by atoms with Crippen LogP contribution >= 0.6 is 0 Å². The number of nitrogens with two attached hydrogens (primary N) is 1. The van der Waals surface area contributed by atoms with Crippen LogP contribution in [0.1, 0.15) is 13.0 Å². The van der Waals surface area contributed by atoms with E-state index in [1.54, 1.807) is 11.6 Å². The van der Waals surface area contributed by atoms with E-state index >= 15 is 0 Å². The topological polar surface area (TPSA) is 89.1 Å². The van der Waals surface area contributed by atoms with Crippen LogP contribution in [0.2, 0.25) is 0 Å². The van der Waals surface area contributed by atoms with E-state index in [1.165, 1.54) is 0 Å². The van der Waals surface area contributed by atoms with Crippen molar-refractivity contribution in [3.8, 4) is 0 Å². The van der Waals surface area contributed by atoms with Crippen molar-refractivity contribution in [1.82, 2.24) is 20.3 Å². The monoisotopic (exact) mass is 274 g/mol. The summed E-state index contributed by atoms with van der Waals surface area (Å²) in [6.07, 6.45) is 0. The molecule has 0 saturated carbocycles. The summed E-state index contributed by atoms with van der Waals surface area (Å²) in [6.45, 7) is 5.67. The number of aromatic nitrogens is 3. The zero-order chi connectivity index (χ0) is 14.1. The molecule has 2 heterocycles. The Bertz CT molecular complexity index is 631. The number of benzene rings is 1. The lowest BCUT2D eigenvalue weighted by Gasteiger charge is -2.29. The molecule has 1 aromatic heterocycles. The predicted octanol–water partition coefficient (Wildman–Crippen LogP) is -0.113. The molecule has 1 saturated heterocycles. The summed E-state index contributed by atoms with van der Waals surface area (Å²) in [4.78, 5) is 13.6. The number of fused-ring (bicyclic) bond motifs is 1. The van der Waals surface area contributed by atoms with E-state index in [2.05, 4.69) is 20.5 Å². The molecule has 20 heavy (non-hydrogen) atoms. The third-order valence-electron chi connectivity index (χ3n) is 3.72. The van der Waals surface area contributed by atoms with Gasteiger partial charge in [-0.2, -0.15) is 0 Å². The fourth-order valence-corrected chi connectivity index (χ4v) is 2.46. The number of primary amides is 1. The first-order chi connectivity index (χ1) is 9.66. The maximum Gasteiger partial charge on any atom is 0.242 e. The molecular formula is C13H18N6O. The smallest absolute Gasteiger partial charge is 0.242 e. The third-order valence-corrected chi connectivity index (χ3v) is 3.72. The van der Waals surface area contributed by atoms with Gasteiger partial charge < -0.3 is 16.0 Å². The second-order valence-electron chi connectivity index (χ2n) is 5.02. The first kappa shape index (κ1) is 12.9. The molecule has 0 spiro atoms. The Balaban J connectivity index is 1.95. The van der Waals surface area contributed by atoms with E-state index in [9.17, 15) is 4.79 Å². The van der Waals surface area contributed by atoms with Gasteiger partial charge in [0.1, 0.15) is 11.6 Å². The summed E-state index contributed by atoms with van der Waals surface area (Å²) in [7, 11) is 0. The van der Waals surface area contributed by atoms with E-state index in [-0.39, 0.29) is 0 Å². The van der Waals surface area contributed by atoms with Gasteiger partial charge in [0.2, 0.25) is 5.91 Å². The number of amides is 1. The minimum Gasteiger partial charge on any atom is -0.369 e. The highest BCUT2D eigenvalue weighted by Crippen LogP contribution is 2.22. The van der Waals surface area contributed by atoms with Crippen molar-refractivity contribution in [3.63, 3.8) is 0 Å². The number of nitrogens with one attached hydrogen (secondary N) is 1. The van der Waals surface area contributed by atoms with Crippen molar-refractivity contribution < 1.29 is 4.79 Å². The van der Waals surface area contributed by atoms with Crippen molar-refractivity contribution >= 4 is 22.6 Å². The average Bonchev–Trinajstić information content (AvgIpc) is 2.90. The van der Waals surface area contributed by atoms with E-state index in [4.69, 9.17) is 5.73 Å². The van der Waals surface area contributed by atoms with Crippen LogP contribution in [0.4, 0.5) is 5.69 Å². The van der Waals surface area contributed by atoms with Crippen LogP contribution < -0.4 is 16.0 Å². The number of anilines is 1. The molecule has 0 radical (unpaired) electrons. The van der Waals surface area contributed by atoms with Gasteiger partial charge in [-0.15, -0.1) is 5.10 Å². The summed E-state index contributed by atoms with van der Waals surface area (Å²) in [5.74, 6) is -0.414. The number of rotatable bonds is 3. The molecule has 1 atom stereocenters. The zero-order valence-electron chi connectivity index (χ0n) is 11.4. The molecule has 2 aromatic rings. The molecule has 0 bridgehead atoms. The van der Waals surface area contributed by atoms with Crippen LogP contribution in [-0.2, 0) is 4.79 Å². The Morgan fingerprint density at radius 2 is 2.15 bits per heavy atom. The molecule has 1 aliphatic heterocycles. The second kappa shape index (κ2) is 5.09. The van der Waals surface area contributed by atoms with Gasteiger partial charge in [-0.25, -0.2) is 4.68 Å². The van der Waals surface area contributed by atoms with Gasteiger partial charge in [0.15, 0.2) is 0 Å². The Labute approximate surface area is 116 Å². The normalized spacial score (nSPS) is 17.4. The Morgan fingerprint density at radius 1 is 1.40 bits per heavy atom. The third kappa shape index (κ3) is 2.20. The Morgan fingerprint density at radius 3 is 2.85 bits per heavy atom. The predicted molar refractivity (Wildman–Crippen MR) is 76.5 cm³/mol. The largest absolute Gasteiger partial charge is 0.369 e. The zero-order valence-corrected chi connectivity index (χ0v) is 11.4. The van der Waals surface area contributed by atoms with Gasteiger partial charge in [0.25, 0.3) is 0 Å². The van der Waals surface area contributed by atoms with Gasteiger partial charge in [-0.3, -0.25) is 4.79 Å². The molecule has 1 unspecified atom stereocenters. The summed E-state index contributed by atoms with van der Waals surface area (Å²) < 4.78 is 1.57. The van der Waals surface area contributed by atoms with Crippen LogP contribution in [0.25, 0.3) is 11.0 Å². The lowest BCUT2D eigenvalue weighted by Crippen LogP contribution is -2.43. The maximum atomic E-state index is 11.3. The van der Waals surface area contributed by atoms with Gasteiger partial charge in [0, 0.05) is 31.9 Å². The van der Waals surface area contributed by atoms with Crippen molar-refractivity contribution in [3.05, 3.63) is 18.2 Å². The summed E-state index contributed by atoms with van der Waals surface area (Å²) in [5, 5.41) is 11.5. The van der Waals surface area contributed by atoms with E-state index in [0.29, 0.717) is 0 Å². The SMILES string of the molecule is CC(C(N)=O)n1nnc2cc(N3CCNCC3)ccc21. The molecule has 1 aromatic carbocycles. The van der Waals surface area contributed by atoms with E-state index < -0.39 is 11.9 Å². The summed E-state index contributed by atoms with van der Waals surface area (Å²) in [6, 6.07) is 5.51. The molecular weight excluding hydrogens is 256 g/mol. The fraction of sp³-hybridized carbons (Fsp3) is 0.462. The Kier molecular flexibility index (Phi) is 3.27. The molecule has 1 aliphatic rings. The minimum absolute atomic E-state index is 0.414. The van der Waals surface area contributed by atoms with Crippen LogP contribution in [-0.4, -0.2) is 47.1 Å². The molecule has 1 fully saturated rings. The first-order valence-electron chi connectivity index (χ1n) is 6.77. The number of piperazine rings is 1. The molecule has 3 rings (SSSR count). The van der Waals surface area contributed by atoms with Crippen molar-refractivity contribution in [2.45, 2.75) is 13.0 Å². The van der Waals surface area contributed by atoms with Crippen molar-refractivity contribution in [2.24, 2.45) is 5.73 Å². The quantitative estimate of drug-likeness (QED) is 0.815. The van der Waals surface area contributed by atoms with Gasteiger partial charge >= 0.3 is 0 Å². The van der Waals surface area contributed by atoms with Crippen LogP contribution in [0, 0.1) is 0 Å². The van der Waals surface area contributed by atoms with Crippen molar-refractivity contribution in [2.75, 3.05) is 31.1 Å². The lowest BCUT2D eigenvalue weighted by molar-refractivity contribution is -0.120. The molecule has 7 heteroatoms. The number of carbonyl (C=O) groups excluding carboxylic acids is 1. The molecule has 3 N–H and O–H groups in total. The molecule has 0 aliphatic carbocycles. The van der Waals surface area contributed by atoms with E-state index in [1.807, 2.05) is 18.2 Å². The van der Waals surface area contributed by atoms with Gasteiger partial charge in [0.05, 0.1) is 5.52 Å². The standard InChI is InChI=1S/C13H18N6O/c1-9(13(14)20)19-12-3-2-10(8-11(12)16-17-19)18-6-4-15-5-7-18/h2-3,8-9,15H,4-7H2,1H3,(H2,14,20). The maximum absolute atomic E-state index is 11.3. The minimum atomic E-state index is -0.495. The summed E-state index contributed by atoms with van der Waals surface area (Å²) >= 11 is 0. The highest BCUT2D eigenvalue weighted by atomic mass is 16.1. The van der Waals surface area contributed by atoms with Gasteiger partial charge in [-0.1, -0.05) is 5.21 Å². The summed E-state index contributed by atoms with van der Waals surface area (Å²) in [5.41, 5.74) is 8.07. The number of hydrogen-bond donors (Lipinski definition) is 2. The van der Waals surface area contributed by atoms with Crippen molar-refractivity contribution in [1.29, 1.82) is 0 Å². The molecule has 106 valence electrons. The second-order valence-corrected chi connectivity index (χ2v) is 5.02. The number of carbonyl (C=O) groups is 1. The van der Waals surface area contributed by atoms with E-state index in [0.717, 1.165) is 42.9 Å². The highest BCUT2D eigenvalue weighted by Gasteiger charge is 2.17. The fourth-order valence-electron chi connectivity index (χ4n) is 2.46.